The summed E-state index contributed by atoms with van der Waals surface area (Å²) in [7, 11) is -3.65. The minimum absolute atomic E-state index is 0.0335. The Morgan fingerprint density at radius 2 is 2.00 bits per heavy atom. The molecule has 1 aromatic rings. The van der Waals surface area contributed by atoms with Crippen molar-refractivity contribution in [3.05, 3.63) is 30.1 Å². The molecule has 1 saturated heterocycles. The molecule has 0 radical (unpaired) electrons. The quantitative estimate of drug-likeness (QED) is 0.645. The second kappa shape index (κ2) is 5.26. The first-order valence-electron chi connectivity index (χ1n) is 6.01. The lowest BCUT2D eigenvalue weighted by Gasteiger charge is -2.30. The predicted molar refractivity (Wildman–Crippen MR) is 69.8 cm³/mol. The molecule has 0 bridgehead atoms. The molecule has 7 heteroatoms. The Labute approximate surface area is 111 Å². The van der Waals surface area contributed by atoms with Gasteiger partial charge in [0.05, 0.1) is 10.7 Å². The third-order valence-electron chi connectivity index (χ3n) is 3.33. The molecule has 0 amide bonds. The number of nitrogens with two attached hydrogens (primary N) is 1. The van der Waals surface area contributed by atoms with Crippen LogP contribution in [0.1, 0.15) is 12.8 Å². The predicted octanol–water partition coefficient (Wildman–Crippen LogP) is 1.16. The Bertz CT molecular complexity index is 580. The molecule has 1 aromatic carbocycles. The Kier molecular flexibility index (Phi) is 3.86. The molecule has 5 nitrogen and oxygen atoms in total. The van der Waals surface area contributed by atoms with E-state index in [0.29, 0.717) is 25.9 Å². The fourth-order valence-corrected chi connectivity index (χ4v) is 3.69. The number of hydrogen-bond donors (Lipinski definition) is 2. The highest BCUT2D eigenvalue weighted by Crippen LogP contribution is 2.23. The van der Waals surface area contributed by atoms with Crippen LogP contribution in [-0.2, 0) is 10.0 Å². The average molecular weight is 285 g/mol. The van der Waals surface area contributed by atoms with Crippen molar-refractivity contribution in [3.63, 3.8) is 0 Å². The van der Waals surface area contributed by atoms with Crippen molar-refractivity contribution in [1.82, 2.24) is 4.31 Å². The van der Waals surface area contributed by atoms with E-state index < -0.39 is 15.8 Å². The van der Waals surface area contributed by atoms with Crippen molar-refractivity contribution >= 4 is 15.9 Å². The van der Waals surface area contributed by atoms with Crippen molar-refractivity contribution in [2.24, 2.45) is 11.7 Å². The number of sulfonamides is 1. The van der Waals surface area contributed by atoms with E-state index in [-0.39, 0.29) is 16.6 Å². The Morgan fingerprint density at radius 3 is 2.53 bits per heavy atom. The summed E-state index contributed by atoms with van der Waals surface area (Å²) in [6.07, 6.45) is 1.06. The molecule has 0 saturated carbocycles. The molecule has 0 aliphatic carbocycles. The van der Waals surface area contributed by atoms with Gasteiger partial charge in [0.25, 0.3) is 0 Å². The van der Waals surface area contributed by atoms with Gasteiger partial charge in [0.1, 0.15) is 5.82 Å². The monoisotopic (exact) mass is 285 g/mol. The second-order valence-corrected chi connectivity index (χ2v) is 6.53. The molecule has 1 fully saturated rings. The topological polar surface area (TPSA) is 87.2 Å². The lowest BCUT2D eigenvalue weighted by atomic mass is 9.97. The molecule has 1 heterocycles. The Balaban J connectivity index is 2.16. The highest BCUT2D eigenvalue weighted by molar-refractivity contribution is 7.89. The molecule has 0 aromatic heterocycles. The first-order valence-corrected chi connectivity index (χ1v) is 7.45. The van der Waals surface area contributed by atoms with Crippen LogP contribution in [0.15, 0.2) is 29.2 Å². The first kappa shape index (κ1) is 14.0. The van der Waals surface area contributed by atoms with Crippen molar-refractivity contribution in [1.29, 1.82) is 5.41 Å². The van der Waals surface area contributed by atoms with Gasteiger partial charge in [0.2, 0.25) is 10.0 Å². The normalized spacial score (nSPS) is 18.4. The molecule has 2 rings (SSSR count). The minimum atomic E-state index is -3.65. The maximum atomic E-state index is 13.1. The molecular weight excluding hydrogens is 269 g/mol. The number of rotatable bonds is 3. The smallest absolute Gasteiger partial charge is 0.243 e. The zero-order chi connectivity index (χ0) is 14.0. The van der Waals surface area contributed by atoms with E-state index in [9.17, 15) is 12.8 Å². The summed E-state index contributed by atoms with van der Waals surface area (Å²) >= 11 is 0. The van der Waals surface area contributed by atoms with Gasteiger partial charge in [-0.05, 0) is 31.0 Å². The van der Waals surface area contributed by atoms with Crippen LogP contribution in [0.5, 0.6) is 0 Å². The van der Waals surface area contributed by atoms with Crippen LogP contribution in [0.2, 0.25) is 0 Å². The number of nitrogens with zero attached hydrogens (tertiary/aromatic N) is 1. The van der Waals surface area contributed by atoms with E-state index >= 15 is 0 Å². The molecule has 1 aliphatic rings. The third kappa shape index (κ3) is 2.93. The number of benzene rings is 1. The fraction of sp³-hybridized carbons (Fsp3) is 0.417. The van der Waals surface area contributed by atoms with Gasteiger partial charge in [-0.2, -0.15) is 4.31 Å². The molecule has 3 N–H and O–H groups in total. The van der Waals surface area contributed by atoms with Gasteiger partial charge < -0.3 is 5.73 Å². The van der Waals surface area contributed by atoms with E-state index in [1.165, 1.54) is 22.5 Å². The zero-order valence-electron chi connectivity index (χ0n) is 10.3. The molecule has 19 heavy (non-hydrogen) atoms. The lowest BCUT2D eigenvalue weighted by Crippen LogP contribution is -2.41. The molecule has 0 spiro atoms. The van der Waals surface area contributed by atoms with Crippen LogP contribution in [0.3, 0.4) is 0 Å². The lowest BCUT2D eigenvalue weighted by molar-refractivity contribution is 0.314. The fourth-order valence-electron chi connectivity index (χ4n) is 2.18. The SMILES string of the molecule is N=C(N)C1CCN(S(=O)(=O)c2cccc(F)c2)CC1. The van der Waals surface area contributed by atoms with Crippen molar-refractivity contribution in [2.45, 2.75) is 17.7 Å². The summed E-state index contributed by atoms with van der Waals surface area (Å²) in [6.45, 7) is 0.617. The van der Waals surface area contributed by atoms with Gasteiger partial charge >= 0.3 is 0 Å². The van der Waals surface area contributed by atoms with Crippen molar-refractivity contribution < 1.29 is 12.8 Å². The van der Waals surface area contributed by atoms with Crippen LogP contribution in [-0.4, -0.2) is 31.6 Å². The van der Waals surface area contributed by atoms with Gasteiger partial charge in [-0.1, -0.05) is 6.07 Å². The van der Waals surface area contributed by atoms with Gasteiger partial charge in [-0.25, -0.2) is 12.8 Å². The Hall–Kier alpha value is -1.47. The van der Waals surface area contributed by atoms with E-state index in [4.69, 9.17) is 11.1 Å². The molecular formula is C12H16FN3O2S. The van der Waals surface area contributed by atoms with Crippen molar-refractivity contribution in [3.8, 4) is 0 Å². The van der Waals surface area contributed by atoms with Crippen LogP contribution >= 0.6 is 0 Å². The van der Waals surface area contributed by atoms with Gasteiger partial charge in [0, 0.05) is 19.0 Å². The van der Waals surface area contributed by atoms with Gasteiger partial charge in [-0.3, -0.25) is 5.41 Å². The van der Waals surface area contributed by atoms with Crippen molar-refractivity contribution in [2.75, 3.05) is 13.1 Å². The highest BCUT2D eigenvalue weighted by Gasteiger charge is 2.30. The first-order chi connectivity index (χ1) is 8.91. The number of amidine groups is 1. The maximum Gasteiger partial charge on any atom is 0.243 e. The summed E-state index contributed by atoms with van der Waals surface area (Å²) in [5.41, 5.74) is 5.42. The number of piperidine rings is 1. The van der Waals surface area contributed by atoms with E-state index in [1.54, 1.807) is 0 Å². The Morgan fingerprint density at radius 1 is 1.37 bits per heavy atom. The third-order valence-corrected chi connectivity index (χ3v) is 5.22. The highest BCUT2D eigenvalue weighted by atomic mass is 32.2. The van der Waals surface area contributed by atoms with Crippen LogP contribution in [0, 0.1) is 17.1 Å². The summed E-state index contributed by atoms with van der Waals surface area (Å²) in [6, 6.07) is 4.99. The van der Waals surface area contributed by atoms with Crippen LogP contribution in [0.4, 0.5) is 4.39 Å². The summed E-state index contributed by atoms with van der Waals surface area (Å²) in [5.74, 6) is -0.526. The zero-order valence-corrected chi connectivity index (χ0v) is 11.2. The molecule has 1 aliphatic heterocycles. The van der Waals surface area contributed by atoms with Crippen LogP contribution in [0.25, 0.3) is 0 Å². The van der Waals surface area contributed by atoms with Crippen LogP contribution < -0.4 is 5.73 Å². The minimum Gasteiger partial charge on any atom is -0.387 e. The van der Waals surface area contributed by atoms with E-state index in [2.05, 4.69) is 0 Å². The maximum absolute atomic E-state index is 13.1. The average Bonchev–Trinajstić information content (AvgIpc) is 2.39. The second-order valence-electron chi connectivity index (χ2n) is 4.59. The summed E-state index contributed by atoms with van der Waals surface area (Å²) in [5, 5.41) is 7.36. The summed E-state index contributed by atoms with van der Waals surface area (Å²) in [4.78, 5) is -0.0335. The number of hydrogen-bond acceptors (Lipinski definition) is 3. The van der Waals surface area contributed by atoms with E-state index in [1.807, 2.05) is 0 Å². The standard InChI is InChI=1S/C12H16FN3O2S/c13-10-2-1-3-11(8-10)19(17,18)16-6-4-9(5-7-16)12(14)15/h1-3,8-9H,4-7H2,(H3,14,15). The van der Waals surface area contributed by atoms with Gasteiger partial charge in [0.15, 0.2) is 0 Å². The van der Waals surface area contributed by atoms with E-state index in [0.717, 1.165) is 6.07 Å². The largest absolute Gasteiger partial charge is 0.387 e. The number of halogens is 1. The van der Waals surface area contributed by atoms with Gasteiger partial charge in [-0.15, -0.1) is 0 Å². The molecule has 0 atom stereocenters. The summed E-state index contributed by atoms with van der Waals surface area (Å²) < 4.78 is 39.0. The number of nitrogens with one attached hydrogen (secondary N) is 1. The molecule has 0 unspecified atom stereocenters. The molecule has 104 valence electrons.